The number of hydrogen-bond acceptors (Lipinski definition) is 7. The number of aliphatic imine (C=N–C) groups is 1. The molecule has 1 aromatic rings. The number of aliphatic hydroxyl groups excluding tert-OH is 1. The van der Waals surface area contributed by atoms with E-state index in [0.29, 0.717) is 24.1 Å². The summed E-state index contributed by atoms with van der Waals surface area (Å²) in [6, 6.07) is 2.58. The zero-order chi connectivity index (χ0) is 28.0. The van der Waals surface area contributed by atoms with Crippen LogP contribution in [0.25, 0.3) is 0 Å². The second kappa shape index (κ2) is 10.8. The molecule has 40 heavy (non-hydrogen) atoms. The van der Waals surface area contributed by atoms with E-state index in [2.05, 4.69) is 35.8 Å². The Morgan fingerprint density at radius 2 is 1.95 bits per heavy atom. The van der Waals surface area contributed by atoms with Gasteiger partial charge in [-0.3, -0.25) is 14.6 Å². The van der Waals surface area contributed by atoms with Crippen molar-refractivity contribution < 1.29 is 14.6 Å². The van der Waals surface area contributed by atoms with Crippen LogP contribution in [0.2, 0.25) is 0 Å². The zero-order valence-corrected chi connectivity index (χ0v) is 24.1. The van der Waals surface area contributed by atoms with E-state index in [1.54, 1.807) is 11.5 Å². The predicted octanol–water partition coefficient (Wildman–Crippen LogP) is 4.02. The normalized spacial score (nSPS) is 25.9. The van der Waals surface area contributed by atoms with E-state index in [0.717, 1.165) is 49.0 Å². The second-order valence-corrected chi connectivity index (χ2v) is 12.2. The van der Waals surface area contributed by atoms with Gasteiger partial charge in [0.2, 0.25) is 0 Å². The van der Waals surface area contributed by atoms with Gasteiger partial charge < -0.3 is 24.2 Å². The molecule has 1 N–H and O–H groups in total. The van der Waals surface area contributed by atoms with E-state index < -0.39 is 11.6 Å². The number of carbonyl (C=O) groups is 1. The molecule has 8 nitrogen and oxygen atoms in total. The van der Waals surface area contributed by atoms with Crippen LogP contribution in [-0.2, 0) is 22.7 Å². The van der Waals surface area contributed by atoms with Crippen molar-refractivity contribution in [2.45, 2.75) is 96.6 Å². The fraction of sp³-hybridized carbons (Fsp3) is 0.594. The Morgan fingerprint density at radius 3 is 2.62 bits per heavy atom. The number of aromatic nitrogens is 1. The summed E-state index contributed by atoms with van der Waals surface area (Å²) in [6.45, 7) is 11.4. The molecule has 2 saturated heterocycles. The van der Waals surface area contributed by atoms with Gasteiger partial charge in [0.05, 0.1) is 35.2 Å². The molecule has 5 heterocycles. The number of pyridine rings is 1. The van der Waals surface area contributed by atoms with Crippen molar-refractivity contribution in [3.05, 3.63) is 67.8 Å². The quantitative estimate of drug-likeness (QED) is 0.520. The van der Waals surface area contributed by atoms with Gasteiger partial charge in [-0.15, -0.1) is 0 Å². The van der Waals surface area contributed by atoms with E-state index in [1.165, 1.54) is 62.0 Å². The number of hydrogen-bond donors (Lipinski definition) is 1. The molecule has 0 bridgehead atoms. The first-order valence-corrected chi connectivity index (χ1v) is 15.1. The summed E-state index contributed by atoms with van der Waals surface area (Å²) in [7, 11) is 0. The maximum atomic E-state index is 13.6. The van der Waals surface area contributed by atoms with Crippen LogP contribution in [0.3, 0.4) is 0 Å². The van der Waals surface area contributed by atoms with E-state index in [4.69, 9.17) is 9.73 Å². The Labute approximate surface area is 236 Å². The monoisotopic (exact) mass is 546 g/mol. The maximum absolute atomic E-state index is 13.6. The van der Waals surface area contributed by atoms with Gasteiger partial charge in [0.1, 0.15) is 6.61 Å². The highest BCUT2D eigenvalue weighted by Crippen LogP contribution is 2.45. The molecule has 0 radical (unpaired) electrons. The van der Waals surface area contributed by atoms with Gasteiger partial charge in [0.25, 0.3) is 12.0 Å². The van der Waals surface area contributed by atoms with Gasteiger partial charge in [-0.05, 0) is 94.3 Å². The zero-order valence-electron chi connectivity index (χ0n) is 24.1. The molecule has 0 amide bonds. The fourth-order valence-corrected chi connectivity index (χ4v) is 7.55. The minimum Gasteiger partial charge on any atom is -0.463 e. The highest BCUT2D eigenvalue weighted by molar-refractivity contribution is 6.15. The topological polar surface area (TPSA) is 87.4 Å². The van der Waals surface area contributed by atoms with Crippen LogP contribution < -0.4 is 5.56 Å². The molecule has 4 aliphatic heterocycles. The van der Waals surface area contributed by atoms with E-state index in [9.17, 15) is 14.7 Å². The number of likely N-dealkylation sites (tertiary alicyclic amines) is 2. The highest BCUT2D eigenvalue weighted by atomic mass is 16.5. The number of carbonyl (C=O) groups excluding carboxylic acids is 1. The van der Waals surface area contributed by atoms with Crippen molar-refractivity contribution in [3.63, 3.8) is 0 Å². The summed E-state index contributed by atoms with van der Waals surface area (Å²) in [5, 5.41) is 10.5. The number of dihydropyridines is 1. The summed E-state index contributed by atoms with van der Waals surface area (Å²) < 4.78 is 6.68. The predicted molar refractivity (Wildman–Crippen MR) is 155 cm³/mol. The number of allylic oxidation sites excluding steroid dienone is 2. The van der Waals surface area contributed by atoms with E-state index in [1.807, 2.05) is 6.07 Å². The Balaban J connectivity index is 1.31. The molecule has 0 spiro atoms. The molecule has 2 atom stereocenters. The Hall–Kier alpha value is -2.97. The highest BCUT2D eigenvalue weighted by Gasteiger charge is 2.42. The van der Waals surface area contributed by atoms with Crippen LogP contribution in [-0.4, -0.2) is 69.4 Å². The number of nitrogens with zero attached hydrogens (tertiary/aromatic N) is 4. The average molecular weight is 547 g/mol. The third-order valence-corrected chi connectivity index (χ3v) is 9.74. The minimum absolute atomic E-state index is 0.153. The van der Waals surface area contributed by atoms with Crippen LogP contribution in [0, 0.1) is 0 Å². The molecule has 2 unspecified atom stereocenters. The molecular weight excluding hydrogens is 504 g/mol. The molecule has 2 fully saturated rings. The van der Waals surface area contributed by atoms with Gasteiger partial charge >= 0.3 is 0 Å². The molecule has 214 valence electrons. The standard InChI is InChI=1S/C32H42N4O4/c1-4-24-26-18-36-29(17-25(21(2)38)27(31(36)39)19-40-20-37)30(26)33-32(3)11-8-23(16-28(24)32)35-14-9-22(10-15-35)34-12-6-5-7-13-34/h8,16-17,20-22,38H,4-7,9-15,18-19H2,1-3H3. The number of rotatable bonds is 7. The minimum atomic E-state index is -0.864. The maximum Gasteiger partial charge on any atom is 0.293 e. The average Bonchev–Trinajstić information content (AvgIpc) is 3.33. The third kappa shape index (κ3) is 4.59. The smallest absolute Gasteiger partial charge is 0.293 e. The third-order valence-electron chi connectivity index (χ3n) is 9.74. The molecule has 1 aromatic heterocycles. The van der Waals surface area contributed by atoms with Gasteiger partial charge in [-0.1, -0.05) is 19.4 Å². The number of ether oxygens (including phenoxy) is 1. The lowest BCUT2D eigenvalue weighted by Gasteiger charge is -2.43. The van der Waals surface area contributed by atoms with Crippen molar-refractivity contribution in [2.24, 2.45) is 4.99 Å². The first-order valence-electron chi connectivity index (χ1n) is 15.1. The van der Waals surface area contributed by atoms with Gasteiger partial charge in [0, 0.05) is 30.4 Å². The molecular formula is C32H42N4O4. The van der Waals surface area contributed by atoms with E-state index in [-0.39, 0.29) is 12.2 Å². The van der Waals surface area contributed by atoms with Crippen molar-refractivity contribution in [2.75, 3.05) is 26.2 Å². The first kappa shape index (κ1) is 27.2. The Bertz CT molecular complexity index is 1370. The summed E-state index contributed by atoms with van der Waals surface area (Å²) >= 11 is 0. The van der Waals surface area contributed by atoms with Crippen LogP contribution in [0.4, 0.5) is 0 Å². The lowest BCUT2D eigenvalue weighted by molar-refractivity contribution is -0.129. The first-order chi connectivity index (χ1) is 19.3. The molecule has 6 rings (SSSR count). The Morgan fingerprint density at radius 1 is 1.20 bits per heavy atom. The molecule has 5 aliphatic rings. The molecule has 0 aromatic carbocycles. The number of aliphatic hydroxyl groups is 1. The summed E-state index contributed by atoms with van der Waals surface area (Å²) in [5.41, 5.74) is 6.74. The number of piperidine rings is 2. The van der Waals surface area contributed by atoms with Crippen LogP contribution in [0.15, 0.2) is 50.4 Å². The van der Waals surface area contributed by atoms with E-state index >= 15 is 0 Å². The SMILES string of the molecule is CCC1=C2Cn3c(cc(C(C)O)c(COC=O)c3=O)C2=NC2(C)CC=C(N3CCC(N4CCCCC4)CC3)C=C12. The summed E-state index contributed by atoms with van der Waals surface area (Å²) in [4.78, 5) is 35.0. The summed E-state index contributed by atoms with van der Waals surface area (Å²) in [5.74, 6) is 0. The van der Waals surface area contributed by atoms with Gasteiger partial charge in [-0.2, -0.15) is 0 Å². The molecule has 1 aliphatic carbocycles. The number of fused-ring (bicyclic) bond motifs is 4. The largest absolute Gasteiger partial charge is 0.463 e. The molecule has 8 heteroatoms. The van der Waals surface area contributed by atoms with Gasteiger partial charge in [0.15, 0.2) is 0 Å². The lowest BCUT2D eigenvalue weighted by atomic mass is 9.75. The van der Waals surface area contributed by atoms with Crippen molar-refractivity contribution in [1.29, 1.82) is 0 Å². The van der Waals surface area contributed by atoms with Gasteiger partial charge in [-0.25, -0.2) is 0 Å². The Kier molecular flexibility index (Phi) is 7.34. The molecule has 0 saturated carbocycles. The van der Waals surface area contributed by atoms with Crippen LogP contribution >= 0.6 is 0 Å². The van der Waals surface area contributed by atoms with Crippen molar-refractivity contribution >= 4 is 12.2 Å². The van der Waals surface area contributed by atoms with Crippen molar-refractivity contribution in [1.82, 2.24) is 14.4 Å². The van der Waals surface area contributed by atoms with Crippen molar-refractivity contribution in [3.8, 4) is 0 Å². The summed E-state index contributed by atoms with van der Waals surface area (Å²) in [6.07, 6.45) is 12.1. The second-order valence-electron chi connectivity index (χ2n) is 12.2. The lowest BCUT2D eigenvalue weighted by Crippen LogP contribution is -2.46. The van der Waals surface area contributed by atoms with Crippen LogP contribution in [0.5, 0.6) is 0 Å². The fourth-order valence-electron chi connectivity index (χ4n) is 7.55. The van der Waals surface area contributed by atoms with Crippen LogP contribution in [0.1, 0.15) is 88.6 Å².